The van der Waals surface area contributed by atoms with Gasteiger partial charge in [-0.2, -0.15) is 0 Å². The molecular weight excluding hydrogens is 404 g/mol. The Bertz CT molecular complexity index is 920. The molecule has 128 valence electrons. The molecule has 8 heteroatoms. The SMILES string of the molecule is CN(c1ccc(Cl)c(Cl)c1)c1cc(Oc2ccc(Cl)c(Cl)c2)ncn1. The summed E-state index contributed by atoms with van der Waals surface area (Å²) in [6.07, 6.45) is 1.41. The molecule has 0 fully saturated rings. The molecule has 0 radical (unpaired) electrons. The average Bonchev–Trinajstić information content (AvgIpc) is 2.60. The monoisotopic (exact) mass is 413 g/mol. The Balaban J connectivity index is 1.85. The van der Waals surface area contributed by atoms with Gasteiger partial charge in [-0.3, -0.25) is 0 Å². The highest BCUT2D eigenvalue weighted by atomic mass is 35.5. The molecule has 1 aromatic heterocycles. The van der Waals surface area contributed by atoms with E-state index < -0.39 is 0 Å². The minimum Gasteiger partial charge on any atom is -0.439 e. The molecule has 2 aromatic carbocycles. The van der Waals surface area contributed by atoms with Gasteiger partial charge in [0.05, 0.1) is 20.1 Å². The van der Waals surface area contributed by atoms with E-state index in [1.807, 2.05) is 18.0 Å². The largest absolute Gasteiger partial charge is 0.439 e. The maximum absolute atomic E-state index is 6.07. The highest BCUT2D eigenvalue weighted by Crippen LogP contribution is 2.32. The molecular formula is C17H11Cl4N3O. The van der Waals surface area contributed by atoms with Crippen LogP contribution in [0.1, 0.15) is 0 Å². The molecule has 0 N–H and O–H groups in total. The second kappa shape index (κ2) is 7.67. The zero-order chi connectivity index (χ0) is 18.0. The van der Waals surface area contributed by atoms with E-state index >= 15 is 0 Å². The maximum atomic E-state index is 6.07. The van der Waals surface area contributed by atoms with Crippen LogP contribution in [0.5, 0.6) is 11.6 Å². The molecule has 0 saturated heterocycles. The molecule has 1 heterocycles. The van der Waals surface area contributed by atoms with Crippen LogP contribution in [0, 0.1) is 0 Å². The molecule has 0 atom stereocenters. The lowest BCUT2D eigenvalue weighted by atomic mass is 10.3. The number of aromatic nitrogens is 2. The Morgan fingerprint density at radius 2 is 1.48 bits per heavy atom. The van der Waals surface area contributed by atoms with Crippen LogP contribution < -0.4 is 9.64 Å². The van der Waals surface area contributed by atoms with E-state index in [9.17, 15) is 0 Å². The predicted molar refractivity (Wildman–Crippen MR) is 103 cm³/mol. The minimum atomic E-state index is 0.371. The average molecular weight is 415 g/mol. The summed E-state index contributed by atoms with van der Waals surface area (Å²) in [6, 6.07) is 12.0. The number of rotatable bonds is 4. The number of hydrogen-bond acceptors (Lipinski definition) is 4. The summed E-state index contributed by atoms with van der Waals surface area (Å²) in [7, 11) is 1.85. The second-order valence-electron chi connectivity index (χ2n) is 5.05. The Morgan fingerprint density at radius 1 is 0.800 bits per heavy atom. The Morgan fingerprint density at radius 3 is 2.16 bits per heavy atom. The van der Waals surface area contributed by atoms with Crippen molar-refractivity contribution >= 4 is 57.9 Å². The van der Waals surface area contributed by atoms with Crippen LogP contribution in [0.3, 0.4) is 0 Å². The fraction of sp³-hybridized carbons (Fsp3) is 0.0588. The lowest BCUT2D eigenvalue weighted by molar-refractivity contribution is 0.461. The summed E-state index contributed by atoms with van der Waals surface area (Å²) in [5.41, 5.74) is 0.827. The fourth-order valence-electron chi connectivity index (χ4n) is 2.06. The first-order chi connectivity index (χ1) is 11.9. The minimum absolute atomic E-state index is 0.371. The van der Waals surface area contributed by atoms with Crippen molar-refractivity contribution in [3.8, 4) is 11.6 Å². The summed E-state index contributed by atoms with van der Waals surface area (Å²) in [5, 5.41) is 1.82. The first kappa shape index (κ1) is 18.1. The Labute approximate surface area is 164 Å². The molecule has 0 aliphatic heterocycles. The number of halogens is 4. The summed E-state index contributed by atoms with van der Waals surface area (Å²) in [6.45, 7) is 0. The van der Waals surface area contributed by atoms with Gasteiger partial charge in [-0.05, 0) is 30.3 Å². The quantitative estimate of drug-likeness (QED) is 0.478. The van der Waals surface area contributed by atoms with Gasteiger partial charge in [0, 0.05) is 24.9 Å². The lowest BCUT2D eigenvalue weighted by Crippen LogP contribution is -2.11. The van der Waals surface area contributed by atoms with Gasteiger partial charge in [-0.25, -0.2) is 9.97 Å². The van der Waals surface area contributed by atoms with Gasteiger partial charge in [0.2, 0.25) is 5.88 Å². The highest BCUT2D eigenvalue weighted by Gasteiger charge is 2.10. The number of ether oxygens (including phenoxy) is 1. The summed E-state index contributed by atoms with van der Waals surface area (Å²) < 4.78 is 5.72. The van der Waals surface area contributed by atoms with Gasteiger partial charge in [0.1, 0.15) is 17.9 Å². The molecule has 0 amide bonds. The van der Waals surface area contributed by atoms with Crippen LogP contribution in [0.4, 0.5) is 11.5 Å². The van der Waals surface area contributed by atoms with E-state index in [1.165, 1.54) is 6.33 Å². The van der Waals surface area contributed by atoms with Crippen LogP contribution in [-0.2, 0) is 0 Å². The van der Waals surface area contributed by atoms with Crippen molar-refractivity contribution in [2.24, 2.45) is 0 Å². The third-order valence-corrected chi connectivity index (χ3v) is 4.85. The first-order valence-electron chi connectivity index (χ1n) is 7.08. The predicted octanol–water partition coefficient (Wildman–Crippen LogP) is 6.65. The van der Waals surface area contributed by atoms with E-state index in [1.54, 1.807) is 36.4 Å². The van der Waals surface area contributed by atoms with E-state index in [0.29, 0.717) is 37.5 Å². The van der Waals surface area contributed by atoms with Crippen molar-refractivity contribution < 1.29 is 4.74 Å². The third kappa shape index (κ3) is 4.28. The van der Waals surface area contributed by atoms with Crippen molar-refractivity contribution in [2.45, 2.75) is 0 Å². The highest BCUT2D eigenvalue weighted by molar-refractivity contribution is 6.42. The van der Waals surface area contributed by atoms with Crippen molar-refractivity contribution in [1.29, 1.82) is 0 Å². The molecule has 4 nitrogen and oxygen atoms in total. The normalized spacial score (nSPS) is 10.6. The van der Waals surface area contributed by atoms with E-state index in [4.69, 9.17) is 51.1 Å². The van der Waals surface area contributed by atoms with E-state index in [0.717, 1.165) is 5.69 Å². The van der Waals surface area contributed by atoms with E-state index in [-0.39, 0.29) is 0 Å². The number of hydrogen-bond donors (Lipinski definition) is 0. The van der Waals surface area contributed by atoms with Gasteiger partial charge in [-0.15, -0.1) is 0 Å². The summed E-state index contributed by atoms with van der Waals surface area (Å²) in [5.74, 6) is 1.52. The Hall–Kier alpha value is -1.72. The molecule has 0 aliphatic rings. The molecule has 0 spiro atoms. The van der Waals surface area contributed by atoms with Gasteiger partial charge in [0.15, 0.2) is 0 Å². The number of benzene rings is 2. The van der Waals surface area contributed by atoms with Crippen LogP contribution >= 0.6 is 46.4 Å². The summed E-state index contributed by atoms with van der Waals surface area (Å²) in [4.78, 5) is 10.2. The molecule has 0 bridgehead atoms. The molecule has 0 aliphatic carbocycles. The third-order valence-electron chi connectivity index (χ3n) is 3.38. The Kier molecular flexibility index (Phi) is 5.54. The van der Waals surface area contributed by atoms with Gasteiger partial charge in [-0.1, -0.05) is 46.4 Å². The smallest absolute Gasteiger partial charge is 0.224 e. The number of anilines is 2. The maximum Gasteiger partial charge on any atom is 0.224 e. The van der Waals surface area contributed by atoms with Crippen LogP contribution in [0.2, 0.25) is 20.1 Å². The van der Waals surface area contributed by atoms with Gasteiger partial charge >= 0.3 is 0 Å². The van der Waals surface area contributed by atoms with Crippen molar-refractivity contribution in [3.63, 3.8) is 0 Å². The van der Waals surface area contributed by atoms with Crippen molar-refractivity contribution in [3.05, 3.63) is 68.9 Å². The second-order valence-corrected chi connectivity index (χ2v) is 6.68. The van der Waals surface area contributed by atoms with Crippen LogP contribution in [0.15, 0.2) is 48.8 Å². The standard InChI is InChI=1S/C17H11Cl4N3O/c1-24(10-2-4-12(18)14(20)6-10)16-8-17(23-9-22-16)25-11-3-5-13(19)15(21)7-11/h2-9H,1H3. The van der Waals surface area contributed by atoms with Crippen molar-refractivity contribution in [1.82, 2.24) is 9.97 Å². The lowest BCUT2D eigenvalue weighted by Gasteiger charge is -2.19. The molecule has 3 aromatic rings. The topological polar surface area (TPSA) is 38.2 Å². The summed E-state index contributed by atoms with van der Waals surface area (Å²) >= 11 is 23.9. The zero-order valence-corrected chi connectivity index (χ0v) is 15.9. The van der Waals surface area contributed by atoms with Crippen LogP contribution in [-0.4, -0.2) is 17.0 Å². The van der Waals surface area contributed by atoms with Crippen molar-refractivity contribution in [2.75, 3.05) is 11.9 Å². The zero-order valence-electron chi connectivity index (χ0n) is 12.9. The van der Waals surface area contributed by atoms with Gasteiger partial charge in [0.25, 0.3) is 0 Å². The van der Waals surface area contributed by atoms with E-state index in [2.05, 4.69) is 9.97 Å². The van der Waals surface area contributed by atoms with Gasteiger partial charge < -0.3 is 9.64 Å². The molecule has 0 unspecified atom stereocenters. The molecule has 3 rings (SSSR count). The molecule has 25 heavy (non-hydrogen) atoms. The number of nitrogens with zero attached hydrogens (tertiary/aromatic N) is 3. The first-order valence-corrected chi connectivity index (χ1v) is 8.59. The van der Waals surface area contributed by atoms with Crippen LogP contribution in [0.25, 0.3) is 0 Å². The fourth-order valence-corrected chi connectivity index (χ4v) is 2.64. The molecule has 0 saturated carbocycles.